The maximum atomic E-state index is 11.5. The minimum absolute atomic E-state index is 0.443. The summed E-state index contributed by atoms with van der Waals surface area (Å²) in [5.41, 5.74) is 0.443. The lowest BCUT2D eigenvalue weighted by Crippen LogP contribution is -2.13. The Bertz CT molecular complexity index is 395. The van der Waals surface area contributed by atoms with Crippen LogP contribution in [-0.2, 0) is 9.53 Å². The third kappa shape index (κ3) is 3.96. The molecule has 1 rings (SSSR count). The van der Waals surface area contributed by atoms with Gasteiger partial charge in [-0.3, -0.25) is 0 Å². The van der Waals surface area contributed by atoms with Gasteiger partial charge < -0.3 is 9.84 Å². The highest BCUT2D eigenvalue weighted by Gasteiger charge is 2.09. The molecule has 0 amide bonds. The summed E-state index contributed by atoms with van der Waals surface area (Å²) in [6.45, 7) is 1.60. The lowest BCUT2D eigenvalue weighted by Gasteiger charge is -2.08. The first-order valence-electron chi connectivity index (χ1n) is 4.77. The van der Waals surface area contributed by atoms with Gasteiger partial charge in [0.05, 0.1) is 5.56 Å². The molecule has 0 saturated heterocycles. The second-order valence-electron chi connectivity index (χ2n) is 3.17. The number of rotatable bonds is 4. The molecule has 16 heavy (non-hydrogen) atoms. The molecule has 1 N–H and O–H groups in total. The number of benzene rings is 1. The second-order valence-corrected chi connectivity index (χ2v) is 3.17. The third-order valence-corrected chi connectivity index (χ3v) is 1.81. The number of carbonyl (C=O) groups is 2. The van der Waals surface area contributed by atoms with E-state index in [4.69, 9.17) is 9.84 Å². The Morgan fingerprint density at radius 1 is 1.31 bits per heavy atom. The lowest BCUT2D eigenvalue weighted by molar-refractivity contribution is -0.131. The fraction of sp³-hybridized carbons (Fsp3) is 0.167. The molecule has 0 aromatic heterocycles. The van der Waals surface area contributed by atoms with Crippen LogP contribution < -0.4 is 0 Å². The Morgan fingerprint density at radius 2 is 1.94 bits per heavy atom. The van der Waals surface area contributed by atoms with Crippen LogP contribution in [0.3, 0.4) is 0 Å². The molecule has 84 valence electrons. The Labute approximate surface area is 93.2 Å². The molecule has 0 spiro atoms. The van der Waals surface area contributed by atoms with Gasteiger partial charge in [-0.1, -0.05) is 18.2 Å². The SMILES string of the molecule is CC(/C=C\C(=O)O)OC(=O)c1ccccc1. The first-order chi connectivity index (χ1) is 7.59. The average molecular weight is 220 g/mol. The van der Waals surface area contributed by atoms with Crippen molar-refractivity contribution >= 4 is 11.9 Å². The summed E-state index contributed by atoms with van der Waals surface area (Å²) in [6.07, 6.45) is 1.69. The van der Waals surface area contributed by atoms with Gasteiger partial charge >= 0.3 is 11.9 Å². The zero-order valence-electron chi connectivity index (χ0n) is 8.79. The largest absolute Gasteiger partial charge is 0.478 e. The molecule has 0 heterocycles. The number of esters is 1. The number of hydrogen-bond acceptors (Lipinski definition) is 3. The topological polar surface area (TPSA) is 63.6 Å². The van der Waals surface area contributed by atoms with Gasteiger partial charge in [-0.15, -0.1) is 0 Å². The van der Waals surface area contributed by atoms with Crippen LogP contribution in [-0.4, -0.2) is 23.1 Å². The fourth-order valence-corrected chi connectivity index (χ4v) is 1.07. The molecule has 4 heteroatoms. The van der Waals surface area contributed by atoms with Gasteiger partial charge in [0, 0.05) is 6.08 Å². The Morgan fingerprint density at radius 3 is 2.50 bits per heavy atom. The van der Waals surface area contributed by atoms with E-state index >= 15 is 0 Å². The van der Waals surface area contributed by atoms with Crippen molar-refractivity contribution in [2.45, 2.75) is 13.0 Å². The number of carboxylic acid groups (broad SMARTS) is 1. The Kier molecular flexibility index (Phi) is 4.27. The molecular weight excluding hydrogens is 208 g/mol. The normalized spacial score (nSPS) is 12.3. The van der Waals surface area contributed by atoms with E-state index in [0.29, 0.717) is 5.56 Å². The molecule has 1 aromatic carbocycles. The zero-order chi connectivity index (χ0) is 12.0. The molecule has 0 fully saturated rings. The van der Waals surface area contributed by atoms with Crippen LogP contribution in [0.2, 0.25) is 0 Å². The van der Waals surface area contributed by atoms with Crippen molar-refractivity contribution in [1.29, 1.82) is 0 Å². The Hall–Kier alpha value is -2.10. The third-order valence-electron chi connectivity index (χ3n) is 1.81. The van der Waals surface area contributed by atoms with E-state index in [1.807, 2.05) is 0 Å². The average Bonchev–Trinajstić information content (AvgIpc) is 2.27. The highest BCUT2D eigenvalue weighted by molar-refractivity contribution is 5.89. The molecule has 0 aliphatic heterocycles. The summed E-state index contributed by atoms with van der Waals surface area (Å²) in [5, 5.41) is 8.39. The molecular formula is C12H12O4. The second kappa shape index (κ2) is 5.70. The van der Waals surface area contributed by atoms with Crippen LogP contribution in [0.5, 0.6) is 0 Å². The van der Waals surface area contributed by atoms with Gasteiger partial charge in [0.2, 0.25) is 0 Å². The van der Waals surface area contributed by atoms with E-state index in [-0.39, 0.29) is 0 Å². The van der Waals surface area contributed by atoms with Crippen LogP contribution >= 0.6 is 0 Å². The van der Waals surface area contributed by atoms with E-state index in [9.17, 15) is 9.59 Å². The maximum Gasteiger partial charge on any atom is 0.338 e. The van der Waals surface area contributed by atoms with Crippen LogP contribution in [0, 0.1) is 0 Å². The zero-order valence-corrected chi connectivity index (χ0v) is 8.79. The summed E-state index contributed by atoms with van der Waals surface area (Å²) in [5.74, 6) is -1.54. The summed E-state index contributed by atoms with van der Waals surface area (Å²) in [7, 11) is 0. The van der Waals surface area contributed by atoms with Gasteiger partial charge in [-0.2, -0.15) is 0 Å². The number of aliphatic carboxylic acids is 1. The predicted molar refractivity (Wildman–Crippen MR) is 58.1 cm³/mol. The lowest BCUT2D eigenvalue weighted by atomic mass is 10.2. The molecule has 1 unspecified atom stereocenters. The molecule has 0 radical (unpaired) electrons. The van der Waals surface area contributed by atoms with Gasteiger partial charge in [-0.25, -0.2) is 9.59 Å². The van der Waals surface area contributed by atoms with Crippen LogP contribution in [0.15, 0.2) is 42.5 Å². The number of carboxylic acids is 1. The predicted octanol–water partition coefficient (Wildman–Crippen LogP) is 1.87. The minimum Gasteiger partial charge on any atom is -0.478 e. The van der Waals surface area contributed by atoms with Crippen molar-refractivity contribution in [2.24, 2.45) is 0 Å². The highest BCUT2D eigenvalue weighted by atomic mass is 16.5. The molecule has 0 aliphatic rings. The van der Waals surface area contributed by atoms with E-state index in [0.717, 1.165) is 6.08 Å². The van der Waals surface area contributed by atoms with Gasteiger partial charge in [0.15, 0.2) is 0 Å². The van der Waals surface area contributed by atoms with Crippen molar-refractivity contribution in [2.75, 3.05) is 0 Å². The molecule has 0 saturated carbocycles. The molecule has 1 aromatic rings. The van der Waals surface area contributed by atoms with Crippen molar-refractivity contribution in [1.82, 2.24) is 0 Å². The van der Waals surface area contributed by atoms with Crippen molar-refractivity contribution in [3.63, 3.8) is 0 Å². The van der Waals surface area contributed by atoms with Gasteiger partial charge in [0.1, 0.15) is 6.10 Å². The summed E-state index contributed by atoms with van der Waals surface area (Å²) in [6, 6.07) is 8.53. The first kappa shape index (κ1) is 12.0. The first-order valence-corrected chi connectivity index (χ1v) is 4.77. The minimum atomic E-state index is -1.07. The summed E-state index contributed by atoms with van der Waals surface area (Å²) >= 11 is 0. The van der Waals surface area contributed by atoms with Crippen LogP contribution in [0.1, 0.15) is 17.3 Å². The summed E-state index contributed by atoms with van der Waals surface area (Å²) in [4.78, 5) is 21.7. The fourth-order valence-electron chi connectivity index (χ4n) is 1.07. The molecule has 1 atom stereocenters. The van der Waals surface area contributed by atoms with Crippen molar-refractivity contribution in [3.05, 3.63) is 48.0 Å². The standard InChI is InChI=1S/C12H12O4/c1-9(7-8-11(13)14)16-12(15)10-5-3-2-4-6-10/h2-9H,1H3,(H,13,14)/b8-7-. The van der Waals surface area contributed by atoms with Crippen LogP contribution in [0.25, 0.3) is 0 Å². The highest BCUT2D eigenvalue weighted by Crippen LogP contribution is 2.04. The molecule has 0 aliphatic carbocycles. The maximum absolute atomic E-state index is 11.5. The molecule has 0 bridgehead atoms. The van der Waals surface area contributed by atoms with E-state index in [2.05, 4.69) is 0 Å². The summed E-state index contributed by atoms with van der Waals surface area (Å²) < 4.78 is 5.00. The van der Waals surface area contributed by atoms with E-state index < -0.39 is 18.0 Å². The number of ether oxygens (including phenoxy) is 1. The molecule has 4 nitrogen and oxygen atoms in total. The number of carbonyl (C=O) groups excluding carboxylic acids is 1. The number of hydrogen-bond donors (Lipinski definition) is 1. The van der Waals surface area contributed by atoms with Gasteiger partial charge in [-0.05, 0) is 25.1 Å². The van der Waals surface area contributed by atoms with E-state index in [1.165, 1.54) is 6.08 Å². The van der Waals surface area contributed by atoms with Crippen LogP contribution in [0.4, 0.5) is 0 Å². The Balaban J connectivity index is 2.55. The monoisotopic (exact) mass is 220 g/mol. The van der Waals surface area contributed by atoms with E-state index in [1.54, 1.807) is 37.3 Å². The quantitative estimate of drug-likeness (QED) is 0.621. The van der Waals surface area contributed by atoms with Crippen molar-refractivity contribution in [3.8, 4) is 0 Å². The van der Waals surface area contributed by atoms with Crippen molar-refractivity contribution < 1.29 is 19.4 Å². The smallest absolute Gasteiger partial charge is 0.338 e. The van der Waals surface area contributed by atoms with Gasteiger partial charge in [0.25, 0.3) is 0 Å².